The molecule has 2 aromatic carbocycles. The van der Waals surface area contributed by atoms with Gasteiger partial charge in [0.1, 0.15) is 5.60 Å². The van der Waals surface area contributed by atoms with Crippen LogP contribution in [0.4, 0.5) is 10.5 Å². The van der Waals surface area contributed by atoms with E-state index in [-0.39, 0.29) is 25.0 Å². The summed E-state index contributed by atoms with van der Waals surface area (Å²) >= 11 is 0. The van der Waals surface area contributed by atoms with E-state index in [1.807, 2.05) is 48.5 Å². The summed E-state index contributed by atoms with van der Waals surface area (Å²) in [5, 5.41) is 18.1. The highest BCUT2D eigenvalue weighted by Crippen LogP contribution is 2.28. The number of anilines is 1. The van der Waals surface area contributed by atoms with Crippen molar-refractivity contribution < 1.29 is 24.2 Å². The number of benzene rings is 2. The molecule has 8 heteroatoms. The van der Waals surface area contributed by atoms with E-state index < -0.39 is 23.9 Å². The van der Waals surface area contributed by atoms with Crippen LogP contribution in [0.1, 0.15) is 69.9 Å². The van der Waals surface area contributed by atoms with Crippen molar-refractivity contribution >= 4 is 28.5 Å². The summed E-state index contributed by atoms with van der Waals surface area (Å²) in [6.45, 7) is 5.72. The van der Waals surface area contributed by atoms with Crippen LogP contribution in [-0.2, 0) is 20.9 Å². The van der Waals surface area contributed by atoms with Gasteiger partial charge in [-0.15, -0.1) is 0 Å². The standard InChI is InChI=1S/C31H39N3O5/c1-31(2,3)39-30(37)33-19-27(28(35)34-26-14-13-25-18-32-16-15-24(25)17-26)22-11-9-21(10-12-22)20-38-29(36)23-7-5-4-6-8-23/h9-18,23,27,29,36H,4-8,19-20H2,1-3H3,(H,33,37)(H,34,35). The number of carbonyl (C=O) groups excluding carboxylic acids is 2. The number of aliphatic hydroxyl groups is 1. The lowest BCUT2D eigenvalue weighted by molar-refractivity contribution is -0.148. The monoisotopic (exact) mass is 533 g/mol. The van der Waals surface area contributed by atoms with Gasteiger partial charge < -0.3 is 25.2 Å². The molecule has 1 aromatic heterocycles. The molecular formula is C31H39N3O5. The molecule has 208 valence electrons. The van der Waals surface area contributed by atoms with Gasteiger partial charge in [-0.2, -0.15) is 0 Å². The highest BCUT2D eigenvalue weighted by atomic mass is 16.6. The molecule has 1 saturated carbocycles. The molecule has 39 heavy (non-hydrogen) atoms. The molecule has 0 aliphatic heterocycles. The third-order valence-corrected chi connectivity index (χ3v) is 6.93. The van der Waals surface area contributed by atoms with E-state index in [0.29, 0.717) is 5.69 Å². The second kappa shape index (κ2) is 13.0. The summed E-state index contributed by atoms with van der Waals surface area (Å²) < 4.78 is 11.1. The maximum atomic E-state index is 13.4. The highest BCUT2D eigenvalue weighted by molar-refractivity contribution is 5.98. The SMILES string of the molecule is CC(C)(C)OC(=O)NCC(C(=O)Nc1ccc2cnccc2c1)c1ccc(COC(O)C2CCCCC2)cc1. The Hall–Kier alpha value is -3.49. The second-order valence-corrected chi connectivity index (χ2v) is 11.2. The minimum absolute atomic E-state index is 0.0640. The number of fused-ring (bicyclic) bond motifs is 1. The van der Waals surface area contributed by atoms with Crippen LogP contribution in [0.2, 0.25) is 0 Å². The molecule has 1 fully saturated rings. The first-order chi connectivity index (χ1) is 18.7. The first-order valence-electron chi connectivity index (χ1n) is 13.7. The molecule has 8 nitrogen and oxygen atoms in total. The molecule has 2 atom stereocenters. The van der Waals surface area contributed by atoms with E-state index in [1.54, 1.807) is 33.2 Å². The predicted molar refractivity (Wildman–Crippen MR) is 151 cm³/mol. The van der Waals surface area contributed by atoms with Crippen LogP contribution in [0.5, 0.6) is 0 Å². The summed E-state index contributed by atoms with van der Waals surface area (Å²) in [6, 6.07) is 15.0. The van der Waals surface area contributed by atoms with Crippen molar-refractivity contribution in [3.63, 3.8) is 0 Å². The van der Waals surface area contributed by atoms with Crippen LogP contribution in [0, 0.1) is 5.92 Å². The molecule has 0 radical (unpaired) electrons. The average Bonchev–Trinajstić information content (AvgIpc) is 2.92. The first-order valence-corrected chi connectivity index (χ1v) is 13.7. The van der Waals surface area contributed by atoms with E-state index in [4.69, 9.17) is 9.47 Å². The van der Waals surface area contributed by atoms with E-state index in [1.165, 1.54) is 6.42 Å². The Balaban J connectivity index is 1.44. The fourth-order valence-corrected chi connectivity index (χ4v) is 4.84. The number of nitrogens with zero attached hydrogens (tertiary/aromatic N) is 1. The lowest BCUT2D eigenvalue weighted by Gasteiger charge is -2.26. The van der Waals surface area contributed by atoms with Gasteiger partial charge in [-0.05, 0) is 68.3 Å². The van der Waals surface area contributed by atoms with Crippen LogP contribution in [0.15, 0.2) is 60.9 Å². The number of hydrogen-bond acceptors (Lipinski definition) is 6. The number of aromatic nitrogens is 1. The van der Waals surface area contributed by atoms with E-state index in [9.17, 15) is 14.7 Å². The predicted octanol–water partition coefficient (Wildman–Crippen LogP) is 5.90. The third-order valence-electron chi connectivity index (χ3n) is 6.93. The Morgan fingerprint density at radius 1 is 1.03 bits per heavy atom. The van der Waals surface area contributed by atoms with Crippen molar-refractivity contribution in [2.75, 3.05) is 11.9 Å². The molecule has 0 saturated heterocycles. The fourth-order valence-electron chi connectivity index (χ4n) is 4.84. The molecule has 4 rings (SSSR count). The van der Waals surface area contributed by atoms with Gasteiger partial charge in [0, 0.05) is 35.9 Å². The van der Waals surface area contributed by atoms with E-state index >= 15 is 0 Å². The van der Waals surface area contributed by atoms with Gasteiger partial charge in [0.25, 0.3) is 0 Å². The molecule has 3 aromatic rings. The number of rotatable bonds is 9. The smallest absolute Gasteiger partial charge is 0.407 e. The molecule has 1 aliphatic carbocycles. The largest absolute Gasteiger partial charge is 0.444 e. The topological polar surface area (TPSA) is 110 Å². The Bertz CT molecular complexity index is 1250. The number of alkyl carbamates (subject to hydrolysis) is 1. The second-order valence-electron chi connectivity index (χ2n) is 11.2. The summed E-state index contributed by atoms with van der Waals surface area (Å²) in [4.78, 5) is 29.9. The minimum Gasteiger partial charge on any atom is -0.444 e. The molecule has 2 unspecified atom stereocenters. The Morgan fingerprint density at radius 3 is 2.49 bits per heavy atom. The number of hydrogen-bond donors (Lipinski definition) is 3. The lowest BCUT2D eigenvalue weighted by atomic mass is 9.89. The van der Waals surface area contributed by atoms with Gasteiger partial charge in [0.2, 0.25) is 5.91 Å². The summed E-state index contributed by atoms with van der Waals surface area (Å²) in [6.07, 6.45) is 7.62. The van der Waals surface area contributed by atoms with Crippen molar-refractivity contribution in [3.05, 3.63) is 72.1 Å². The maximum Gasteiger partial charge on any atom is 0.407 e. The normalized spacial score (nSPS) is 15.9. The Kier molecular flexibility index (Phi) is 9.54. The lowest BCUT2D eigenvalue weighted by Crippen LogP contribution is -2.37. The zero-order valence-electron chi connectivity index (χ0n) is 23.0. The van der Waals surface area contributed by atoms with Gasteiger partial charge in [0.15, 0.2) is 6.29 Å². The van der Waals surface area contributed by atoms with E-state index in [2.05, 4.69) is 15.6 Å². The molecule has 1 heterocycles. The number of ether oxygens (including phenoxy) is 2. The van der Waals surface area contributed by atoms with Crippen LogP contribution < -0.4 is 10.6 Å². The zero-order valence-corrected chi connectivity index (χ0v) is 23.0. The number of pyridine rings is 1. The zero-order chi connectivity index (χ0) is 27.8. The van der Waals surface area contributed by atoms with Gasteiger partial charge in [-0.3, -0.25) is 9.78 Å². The Morgan fingerprint density at radius 2 is 1.77 bits per heavy atom. The number of amides is 2. The third kappa shape index (κ3) is 8.50. The average molecular weight is 534 g/mol. The molecule has 3 N–H and O–H groups in total. The van der Waals surface area contributed by atoms with Crippen molar-refractivity contribution in [1.29, 1.82) is 0 Å². The quantitative estimate of drug-likeness (QED) is 0.296. The van der Waals surface area contributed by atoms with Crippen LogP contribution in [-0.4, -0.2) is 40.5 Å². The van der Waals surface area contributed by atoms with Gasteiger partial charge >= 0.3 is 6.09 Å². The van der Waals surface area contributed by atoms with Crippen LogP contribution in [0.25, 0.3) is 10.8 Å². The van der Waals surface area contributed by atoms with Gasteiger partial charge in [-0.25, -0.2) is 4.79 Å². The summed E-state index contributed by atoms with van der Waals surface area (Å²) in [5.41, 5.74) is 1.65. The summed E-state index contributed by atoms with van der Waals surface area (Å²) in [7, 11) is 0. The molecule has 2 amide bonds. The van der Waals surface area contributed by atoms with Crippen molar-refractivity contribution in [1.82, 2.24) is 10.3 Å². The number of nitrogens with one attached hydrogen (secondary N) is 2. The molecule has 0 bridgehead atoms. The number of carbonyl (C=O) groups is 2. The summed E-state index contributed by atoms with van der Waals surface area (Å²) in [5.74, 6) is -0.721. The Labute approximate surface area is 230 Å². The van der Waals surface area contributed by atoms with Crippen molar-refractivity contribution in [2.45, 2.75) is 77.3 Å². The van der Waals surface area contributed by atoms with Crippen LogP contribution in [0.3, 0.4) is 0 Å². The maximum absolute atomic E-state index is 13.4. The number of aliphatic hydroxyl groups excluding tert-OH is 1. The fraction of sp³-hybridized carbons (Fsp3) is 0.452. The highest BCUT2D eigenvalue weighted by Gasteiger charge is 2.25. The van der Waals surface area contributed by atoms with Gasteiger partial charge in [0.05, 0.1) is 12.5 Å². The van der Waals surface area contributed by atoms with Crippen molar-refractivity contribution in [2.24, 2.45) is 5.92 Å². The van der Waals surface area contributed by atoms with Crippen LogP contribution >= 0.6 is 0 Å². The molecular weight excluding hydrogens is 494 g/mol. The van der Waals surface area contributed by atoms with Crippen molar-refractivity contribution in [3.8, 4) is 0 Å². The first kappa shape index (κ1) is 28.5. The van der Waals surface area contributed by atoms with E-state index in [0.717, 1.165) is 47.6 Å². The van der Waals surface area contributed by atoms with Gasteiger partial charge in [-0.1, -0.05) is 49.6 Å². The molecule has 1 aliphatic rings. The molecule has 0 spiro atoms. The minimum atomic E-state index is -0.765.